The molecule has 0 radical (unpaired) electrons. The van der Waals surface area contributed by atoms with Crippen LogP contribution in [0.4, 0.5) is 13.2 Å². The van der Waals surface area contributed by atoms with E-state index in [0.717, 1.165) is 4.90 Å². The molecule has 0 bridgehead atoms. The molecule has 0 unspecified atom stereocenters. The van der Waals surface area contributed by atoms with Crippen LogP contribution in [0.3, 0.4) is 0 Å². The summed E-state index contributed by atoms with van der Waals surface area (Å²) in [7, 11) is 0. The highest BCUT2D eigenvalue weighted by Crippen LogP contribution is 2.55. The third kappa shape index (κ3) is 4.33. The van der Waals surface area contributed by atoms with Crippen molar-refractivity contribution in [2.45, 2.75) is 73.2 Å². The lowest BCUT2D eigenvalue weighted by Crippen LogP contribution is -2.58. The van der Waals surface area contributed by atoms with Crippen molar-refractivity contribution in [3.8, 4) is 0 Å². The van der Waals surface area contributed by atoms with Gasteiger partial charge in [-0.3, -0.25) is 4.79 Å². The van der Waals surface area contributed by atoms with Crippen molar-refractivity contribution in [1.82, 2.24) is 0 Å². The zero-order valence-electron chi connectivity index (χ0n) is 15.6. The maximum atomic E-state index is 12.9. The Balaban J connectivity index is 1.95. The van der Waals surface area contributed by atoms with E-state index in [1.165, 1.54) is 11.8 Å². The Morgan fingerprint density at radius 3 is 2.41 bits per heavy atom. The summed E-state index contributed by atoms with van der Waals surface area (Å²) >= 11 is 1.84. The molecule has 1 aliphatic carbocycles. The van der Waals surface area contributed by atoms with Gasteiger partial charge in [0.1, 0.15) is 5.60 Å². The van der Waals surface area contributed by atoms with Crippen molar-refractivity contribution in [3.05, 3.63) is 30.3 Å². The third-order valence-electron chi connectivity index (χ3n) is 4.96. The van der Waals surface area contributed by atoms with Crippen molar-refractivity contribution < 1.29 is 27.4 Å². The molecule has 0 N–H and O–H groups in total. The Morgan fingerprint density at radius 2 is 1.81 bits per heavy atom. The number of hydrogen-bond donors (Lipinski definition) is 0. The molecule has 2 aliphatic rings. The van der Waals surface area contributed by atoms with Gasteiger partial charge < -0.3 is 9.47 Å². The van der Waals surface area contributed by atoms with Gasteiger partial charge in [-0.2, -0.15) is 13.2 Å². The fourth-order valence-electron chi connectivity index (χ4n) is 4.07. The molecule has 2 fully saturated rings. The lowest BCUT2D eigenvalue weighted by molar-refractivity contribution is -0.160. The Hall–Kier alpha value is -0.700. The van der Waals surface area contributed by atoms with E-state index >= 15 is 0 Å². The predicted molar refractivity (Wildman–Crippen MR) is 101 cm³/mol. The van der Waals surface area contributed by atoms with Gasteiger partial charge in [0, 0.05) is 10.1 Å². The van der Waals surface area contributed by atoms with Crippen LogP contribution in [0.5, 0.6) is 0 Å². The molecular weight excluding hydrogens is 397 g/mol. The van der Waals surface area contributed by atoms with Crippen LogP contribution >= 0.6 is 23.5 Å². The minimum Gasteiger partial charge on any atom is -0.344 e. The lowest BCUT2D eigenvalue weighted by Gasteiger charge is -2.47. The van der Waals surface area contributed by atoms with Gasteiger partial charge in [0.2, 0.25) is 0 Å². The van der Waals surface area contributed by atoms with E-state index in [2.05, 4.69) is 0 Å². The number of carbonyl (C=O) groups is 1. The van der Waals surface area contributed by atoms with Crippen LogP contribution in [0.2, 0.25) is 0 Å². The van der Waals surface area contributed by atoms with Crippen LogP contribution < -0.4 is 0 Å². The Bertz CT molecular complexity index is 695. The second-order valence-corrected chi connectivity index (χ2v) is 10.2. The third-order valence-corrected chi connectivity index (χ3v) is 7.94. The Kier molecular flexibility index (Phi) is 5.67. The van der Waals surface area contributed by atoms with Crippen molar-refractivity contribution in [2.24, 2.45) is 5.92 Å². The molecule has 3 nitrogen and oxygen atoms in total. The standard InChI is InChI=1S/C19H23F3O3S2/c1-11-10-13(27-16(23)19(20,21)22)15(26-12-8-6-5-7-9-12)18(4)14(11)24-17(2,3)25-18/h5-9,11,13-15H,10H2,1-4H3/t11-,13-,14-,15+,18-/m0/s1. The molecule has 1 aliphatic heterocycles. The fourth-order valence-corrected chi connectivity index (χ4v) is 6.89. The largest absolute Gasteiger partial charge is 0.460 e. The van der Waals surface area contributed by atoms with E-state index in [0.29, 0.717) is 18.2 Å². The second-order valence-electron chi connectivity index (χ2n) is 7.73. The summed E-state index contributed by atoms with van der Waals surface area (Å²) in [5, 5.41) is -2.64. The quantitative estimate of drug-likeness (QED) is 0.664. The van der Waals surface area contributed by atoms with E-state index in [1.54, 1.807) is 0 Å². The number of carbonyl (C=O) groups excluding carboxylic acids is 1. The van der Waals surface area contributed by atoms with E-state index in [9.17, 15) is 18.0 Å². The molecule has 0 spiro atoms. The molecular formula is C19H23F3O3S2. The summed E-state index contributed by atoms with van der Waals surface area (Å²) in [6.07, 6.45) is -4.64. The first-order chi connectivity index (χ1) is 12.4. The minimum atomic E-state index is -4.85. The number of alkyl halides is 3. The zero-order chi connectivity index (χ0) is 20.0. The van der Waals surface area contributed by atoms with E-state index in [1.807, 2.05) is 58.0 Å². The lowest BCUT2D eigenvalue weighted by atomic mass is 9.76. The van der Waals surface area contributed by atoms with Crippen LogP contribution in [-0.4, -0.2) is 39.3 Å². The van der Waals surface area contributed by atoms with Gasteiger partial charge >= 0.3 is 6.18 Å². The van der Waals surface area contributed by atoms with Crippen molar-refractivity contribution in [1.29, 1.82) is 0 Å². The monoisotopic (exact) mass is 420 g/mol. The highest BCUT2D eigenvalue weighted by Gasteiger charge is 2.62. The number of thioether (sulfide) groups is 2. The van der Waals surface area contributed by atoms with Crippen LogP contribution in [0.25, 0.3) is 0 Å². The number of hydrogen-bond acceptors (Lipinski definition) is 5. The average Bonchev–Trinajstić information content (AvgIpc) is 2.82. The first kappa shape index (κ1) is 21.0. The van der Waals surface area contributed by atoms with Crippen LogP contribution in [0.1, 0.15) is 34.1 Å². The molecule has 150 valence electrons. The summed E-state index contributed by atoms with van der Waals surface area (Å²) < 4.78 is 51.1. The molecule has 1 aromatic rings. The zero-order valence-corrected chi connectivity index (χ0v) is 17.2. The van der Waals surface area contributed by atoms with E-state index in [4.69, 9.17) is 9.47 Å². The summed E-state index contributed by atoms with van der Waals surface area (Å²) in [5.41, 5.74) is -0.800. The highest BCUT2D eigenvalue weighted by molar-refractivity contribution is 8.15. The molecule has 8 heteroatoms. The number of ether oxygens (including phenoxy) is 2. The topological polar surface area (TPSA) is 35.5 Å². The molecule has 1 heterocycles. The van der Waals surface area contributed by atoms with Crippen LogP contribution in [0, 0.1) is 5.92 Å². The summed E-state index contributed by atoms with van der Waals surface area (Å²) in [6, 6.07) is 9.47. The molecule has 27 heavy (non-hydrogen) atoms. The van der Waals surface area contributed by atoms with Gasteiger partial charge in [-0.1, -0.05) is 36.9 Å². The van der Waals surface area contributed by atoms with Gasteiger partial charge in [-0.05, 0) is 45.2 Å². The summed E-state index contributed by atoms with van der Waals surface area (Å²) in [6.45, 7) is 7.48. The predicted octanol–water partition coefficient (Wildman–Crippen LogP) is 5.29. The molecule has 0 amide bonds. The second kappa shape index (κ2) is 7.28. The van der Waals surface area contributed by atoms with Crippen molar-refractivity contribution in [2.75, 3.05) is 0 Å². The Morgan fingerprint density at radius 1 is 1.19 bits per heavy atom. The van der Waals surface area contributed by atoms with Crippen molar-refractivity contribution >= 4 is 28.6 Å². The first-order valence-electron chi connectivity index (χ1n) is 8.80. The molecule has 1 saturated carbocycles. The number of fused-ring (bicyclic) bond motifs is 1. The van der Waals surface area contributed by atoms with Crippen LogP contribution in [0.15, 0.2) is 35.2 Å². The fraction of sp³-hybridized carbons (Fsp3) is 0.632. The number of benzene rings is 1. The van der Waals surface area contributed by atoms with Gasteiger partial charge in [0.25, 0.3) is 5.12 Å². The van der Waals surface area contributed by atoms with E-state index in [-0.39, 0.29) is 17.3 Å². The minimum absolute atomic E-state index is 0.0251. The van der Waals surface area contributed by atoms with Crippen LogP contribution in [-0.2, 0) is 14.3 Å². The summed E-state index contributed by atoms with van der Waals surface area (Å²) in [4.78, 5) is 12.6. The molecule has 1 aromatic carbocycles. The van der Waals surface area contributed by atoms with E-state index < -0.39 is 27.9 Å². The molecule has 3 rings (SSSR count). The average molecular weight is 421 g/mol. The normalized spacial score (nSPS) is 35.7. The molecule has 0 aromatic heterocycles. The maximum absolute atomic E-state index is 12.9. The van der Waals surface area contributed by atoms with Crippen molar-refractivity contribution in [3.63, 3.8) is 0 Å². The van der Waals surface area contributed by atoms with Gasteiger partial charge in [-0.25, -0.2) is 0 Å². The maximum Gasteiger partial charge on any atom is 0.460 e. The first-order valence-corrected chi connectivity index (χ1v) is 10.6. The molecule has 1 saturated heterocycles. The van der Waals surface area contributed by atoms with Gasteiger partial charge in [0.05, 0.1) is 11.4 Å². The number of rotatable bonds is 3. The highest BCUT2D eigenvalue weighted by atomic mass is 32.2. The van der Waals surface area contributed by atoms with Gasteiger partial charge in [-0.15, -0.1) is 11.8 Å². The molecule has 5 atom stereocenters. The smallest absolute Gasteiger partial charge is 0.344 e. The summed E-state index contributed by atoms with van der Waals surface area (Å²) in [5.74, 6) is -0.848. The Labute approximate surface area is 165 Å². The van der Waals surface area contributed by atoms with Gasteiger partial charge in [0.15, 0.2) is 5.79 Å². The number of halogens is 3. The SMILES string of the molecule is C[C@H]1C[C@H](SC(=O)C(F)(F)F)[C@@H](Sc2ccccc2)[C@@]2(C)OC(C)(C)O[C@@H]12.